The summed E-state index contributed by atoms with van der Waals surface area (Å²) in [5, 5.41) is 8.68. The number of nitrogens with zero attached hydrogens (tertiary/aromatic N) is 1. The molecule has 1 aromatic rings. The van der Waals surface area contributed by atoms with Crippen molar-refractivity contribution in [3.63, 3.8) is 0 Å². The first kappa shape index (κ1) is 13.0. The average Bonchev–Trinajstić information content (AvgIpc) is 2.39. The fourth-order valence-corrected chi connectivity index (χ4v) is 3.22. The Bertz CT molecular complexity index is 526. The molecule has 0 spiro atoms. The molecular formula is C12H15NO4S. The number of piperidine rings is 1. The van der Waals surface area contributed by atoms with Gasteiger partial charge in [-0.1, -0.05) is 18.2 Å². The number of aliphatic hydroxyl groups is 1. The highest BCUT2D eigenvalue weighted by molar-refractivity contribution is 8.06. The Balaban J connectivity index is 2.28. The second-order valence-corrected chi connectivity index (χ2v) is 6.08. The zero-order chi connectivity index (χ0) is 13.2. The van der Waals surface area contributed by atoms with Gasteiger partial charge in [0.25, 0.3) is 9.84 Å². The molecule has 1 aliphatic rings. The van der Waals surface area contributed by atoms with Crippen molar-refractivity contribution in [2.24, 2.45) is 0 Å². The largest absolute Gasteiger partial charge is 0.373 e. The highest BCUT2D eigenvalue weighted by Crippen LogP contribution is 2.21. The number of hydrogen-bond acceptors (Lipinski definition) is 4. The lowest BCUT2D eigenvalue weighted by Gasteiger charge is -2.31. The standard InChI is InChI=1S/C12H15NO4S/c14-11-8-4-5-9-13(11)12(15)18(16,17)10-6-2-1-3-7-10/h1-3,6-7,11,14H,4-5,8-9H2. The zero-order valence-corrected chi connectivity index (χ0v) is 10.6. The normalized spacial score (nSPS) is 20.7. The summed E-state index contributed by atoms with van der Waals surface area (Å²) in [6.07, 6.45) is 0.948. The minimum Gasteiger partial charge on any atom is -0.373 e. The molecule has 1 heterocycles. The fraction of sp³-hybridized carbons (Fsp3) is 0.417. The summed E-state index contributed by atoms with van der Waals surface area (Å²) >= 11 is 0. The quantitative estimate of drug-likeness (QED) is 0.836. The summed E-state index contributed by atoms with van der Waals surface area (Å²) in [5.74, 6) is 0. The first-order valence-corrected chi connectivity index (χ1v) is 7.30. The van der Waals surface area contributed by atoms with E-state index in [0.29, 0.717) is 12.8 Å². The Labute approximate surface area is 106 Å². The Morgan fingerprint density at radius 1 is 1.22 bits per heavy atom. The minimum atomic E-state index is -4.04. The van der Waals surface area contributed by atoms with Gasteiger partial charge in [-0.05, 0) is 31.4 Å². The van der Waals surface area contributed by atoms with Crippen molar-refractivity contribution in [1.29, 1.82) is 0 Å². The van der Waals surface area contributed by atoms with Crippen LogP contribution < -0.4 is 0 Å². The third-order valence-corrected chi connectivity index (χ3v) is 4.58. The molecule has 5 nitrogen and oxygen atoms in total. The lowest BCUT2D eigenvalue weighted by atomic mass is 10.1. The van der Waals surface area contributed by atoms with Crippen molar-refractivity contribution in [2.75, 3.05) is 6.54 Å². The predicted molar refractivity (Wildman–Crippen MR) is 65.6 cm³/mol. The van der Waals surface area contributed by atoms with E-state index in [4.69, 9.17) is 0 Å². The molecule has 0 radical (unpaired) electrons. The van der Waals surface area contributed by atoms with E-state index in [9.17, 15) is 18.3 Å². The van der Waals surface area contributed by atoms with Crippen molar-refractivity contribution in [1.82, 2.24) is 4.90 Å². The van der Waals surface area contributed by atoms with Gasteiger partial charge in [-0.2, -0.15) is 0 Å². The van der Waals surface area contributed by atoms with E-state index in [1.807, 2.05) is 0 Å². The molecule has 0 aromatic heterocycles. The highest BCUT2D eigenvalue weighted by atomic mass is 32.2. The molecule has 1 aliphatic heterocycles. The first-order chi connectivity index (χ1) is 8.53. The Morgan fingerprint density at radius 3 is 2.50 bits per heavy atom. The molecule has 1 atom stereocenters. The van der Waals surface area contributed by atoms with Gasteiger partial charge in [-0.3, -0.25) is 4.79 Å². The maximum absolute atomic E-state index is 12.1. The average molecular weight is 269 g/mol. The van der Waals surface area contributed by atoms with Crippen LogP contribution in [0.15, 0.2) is 35.2 Å². The molecule has 1 N–H and O–H groups in total. The van der Waals surface area contributed by atoms with E-state index in [1.165, 1.54) is 12.1 Å². The van der Waals surface area contributed by atoms with E-state index in [2.05, 4.69) is 0 Å². The zero-order valence-electron chi connectivity index (χ0n) is 9.82. The number of sulfone groups is 1. The molecule has 1 aromatic carbocycles. The van der Waals surface area contributed by atoms with Crippen LogP contribution >= 0.6 is 0 Å². The Hall–Kier alpha value is -1.40. The van der Waals surface area contributed by atoms with Crippen LogP contribution in [0.1, 0.15) is 19.3 Å². The monoisotopic (exact) mass is 269 g/mol. The van der Waals surface area contributed by atoms with E-state index in [1.54, 1.807) is 18.2 Å². The van der Waals surface area contributed by atoms with Crippen LogP contribution in [0.25, 0.3) is 0 Å². The molecule has 1 fully saturated rings. The molecule has 98 valence electrons. The summed E-state index contributed by atoms with van der Waals surface area (Å²) in [6, 6.07) is 7.56. The van der Waals surface area contributed by atoms with Gasteiger partial charge in [0, 0.05) is 6.54 Å². The van der Waals surface area contributed by atoms with Crippen LogP contribution in [0.4, 0.5) is 4.79 Å². The number of likely N-dealkylation sites (tertiary alicyclic amines) is 1. The molecule has 18 heavy (non-hydrogen) atoms. The molecule has 6 heteroatoms. The van der Waals surface area contributed by atoms with Crippen molar-refractivity contribution in [2.45, 2.75) is 30.4 Å². The van der Waals surface area contributed by atoms with E-state index in [0.717, 1.165) is 11.3 Å². The number of aliphatic hydroxyl groups excluding tert-OH is 1. The van der Waals surface area contributed by atoms with Crippen molar-refractivity contribution in [3.8, 4) is 0 Å². The molecule has 2 rings (SSSR count). The second-order valence-electron chi connectivity index (χ2n) is 4.25. The topological polar surface area (TPSA) is 74.7 Å². The third-order valence-electron chi connectivity index (χ3n) is 2.99. The smallest absolute Gasteiger partial charge is 0.345 e. The van der Waals surface area contributed by atoms with Crippen molar-refractivity contribution in [3.05, 3.63) is 30.3 Å². The summed E-state index contributed by atoms with van der Waals surface area (Å²) in [4.78, 5) is 13.0. The van der Waals surface area contributed by atoms with E-state index in [-0.39, 0.29) is 11.4 Å². The Morgan fingerprint density at radius 2 is 1.89 bits per heavy atom. The summed E-state index contributed by atoms with van der Waals surface area (Å²) in [5.41, 5.74) is 0. The maximum Gasteiger partial charge on any atom is 0.345 e. The van der Waals surface area contributed by atoms with Gasteiger partial charge in [-0.25, -0.2) is 8.42 Å². The Kier molecular flexibility index (Phi) is 3.68. The highest BCUT2D eigenvalue weighted by Gasteiger charge is 2.34. The molecule has 0 aliphatic carbocycles. The van der Waals surface area contributed by atoms with Gasteiger partial charge in [0.05, 0.1) is 4.90 Å². The molecular weight excluding hydrogens is 254 g/mol. The number of amides is 1. The van der Waals surface area contributed by atoms with Gasteiger partial charge < -0.3 is 10.0 Å². The number of carbonyl (C=O) groups excluding carboxylic acids is 1. The number of carbonyl (C=O) groups is 1. The van der Waals surface area contributed by atoms with Crippen LogP contribution in [-0.4, -0.2) is 36.4 Å². The third kappa shape index (κ3) is 2.39. The van der Waals surface area contributed by atoms with Crippen LogP contribution in [0.3, 0.4) is 0 Å². The summed E-state index contributed by atoms with van der Waals surface area (Å²) in [7, 11) is -4.04. The van der Waals surface area contributed by atoms with Crippen LogP contribution in [0, 0.1) is 0 Å². The van der Waals surface area contributed by atoms with Crippen LogP contribution in [-0.2, 0) is 9.84 Å². The van der Waals surface area contributed by atoms with Crippen LogP contribution in [0.5, 0.6) is 0 Å². The number of hydrogen-bond donors (Lipinski definition) is 1. The van der Waals surface area contributed by atoms with Gasteiger partial charge in [0.1, 0.15) is 6.23 Å². The molecule has 1 unspecified atom stereocenters. The van der Waals surface area contributed by atoms with E-state index >= 15 is 0 Å². The van der Waals surface area contributed by atoms with Gasteiger partial charge in [-0.15, -0.1) is 0 Å². The summed E-state index contributed by atoms with van der Waals surface area (Å²) < 4.78 is 24.1. The molecule has 0 saturated carbocycles. The second kappa shape index (κ2) is 5.07. The van der Waals surface area contributed by atoms with Gasteiger partial charge in [0.15, 0.2) is 0 Å². The first-order valence-electron chi connectivity index (χ1n) is 5.82. The molecule has 1 amide bonds. The summed E-state index contributed by atoms with van der Waals surface area (Å²) in [6.45, 7) is 0.284. The van der Waals surface area contributed by atoms with E-state index < -0.39 is 21.3 Å². The maximum atomic E-state index is 12.1. The fourth-order valence-electron chi connectivity index (χ4n) is 1.98. The SMILES string of the molecule is O=C(N1CCCCC1O)S(=O)(=O)c1ccccc1. The van der Waals surface area contributed by atoms with Gasteiger partial charge >= 0.3 is 5.24 Å². The predicted octanol–water partition coefficient (Wildman–Crippen LogP) is 1.38. The number of rotatable bonds is 1. The lowest BCUT2D eigenvalue weighted by molar-refractivity contribution is 0.0118. The molecule has 0 bridgehead atoms. The van der Waals surface area contributed by atoms with Crippen molar-refractivity contribution >= 4 is 15.1 Å². The number of benzene rings is 1. The van der Waals surface area contributed by atoms with Crippen molar-refractivity contribution < 1.29 is 18.3 Å². The minimum absolute atomic E-state index is 0.0345. The lowest BCUT2D eigenvalue weighted by Crippen LogP contribution is -2.45. The van der Waals surface area contributed by atoms with Gasteiger partial charge in [0.2, 0.25) is 0 Å². The van der Waals surface area contributed by atoms with Crippen LogP contribution in [0.2, 0.25) is 0 Å². The molecule has 1 saturated heterocycles.